The molecule has 9 heteroatoms. The highest BCUT2D eigenvalue weighted by atomic mass is 32.2. The molecule has 2 aromatic carbocycles. The lowest BCUT2D eigenvalue weighted by atomic mass is 9.99. The first-order chi connectivity index (χ1) is 18.4. The van der Waals surface area contributed by atoms with E-state index in [-0.39, 0.29) is 18.2 Å². The molecule has 1 N–H and O–H groups in total. The number of carbonyl (C=O) groups is 2. The Morgan fingerprint density at radius 1 is 1.13 bits per heavy atom. The normalized spacial score (nSPS) is 18.8. The van der Waals surface area contributed by atoms with E-state index in [4.69, 9.17) is 17.0 Å². The summed E-state index contributed by atoms with van der Waals surface area (Å²) in [5.41, 5.74) is 1.42. The minimum absolute atomic E-state index is 0.0306. The van der Waals surface area contributed by atoms with E-state index >= 15 is 0 Å². The van der Waals surface area contributed by atoms with E-state index in [0.717, 1.165) is 48.3 Å². The van der Waals surface area contributed by atoms with Crippen LogP contribution in [0.5, 0.6) is 5.75 Å². The number of likely N-dealkylation sites (tertiary alicyclic amines) is 1. The summed E-state index contributed by atoms with van der Waals surface area (Å²) in [6.07, 6.45) is 5.34. The first-order valence-electron chi connectivity index (χ1n) is 13.4. The van der Waals surface area contributed by atoms with Crippen LogP contribution in [0.3, 0.4) is 0 Å². The van der Waals surface area contributed by atoms with Crippen LogP contribution in [0.2, 0.25) is 0 Å². The third kappa shape index (κ3) is 7.07. The van der Waals surface area contributed by atoms with Gasteiger partial charge >= 0.3 is 0 Å². The number of benzene rings is 2. The Kier molecular flexibility index (Phi) is 10.0. The van der Waals surface area contributed by atoms with Gasteiger partial charge in [-0.1, -0.05) is 19.9 Å². The van der Waals surface area contributed by atoms with Gasteiger partial charge in [0.2, 0.25) is 5.91 Å². The maximum Gasteiger partial charge on any atom is 0.256 e. The maximum atomic E-state index is 13.7. The smallest absolute Gasteiger partial charge is 0.256 e. The molecule has 0 aliphatic carbocycles. The van der Waals surface area contributed by atoms with E-state index in [9.17, 15) is 9.59 Å². The average Bonchev–Trinajstić information content (AvgIpc) is 3.16. The largest absolute Gasteiger partial charge is 0.494 e. The van der Waals surface area contributed by atoms with Gasteiger partial charge in [-0.15, -0.1) is 11.8 Å². The second-order valence-electron chi connectivity index (χ2n) is 10.0. The van der Waals surface area contributed by atoms with Crippen molar-refractivity contribution < 1.29 is 14.3 Å². The number of carbonyl (C=O) groups excluding carboxylic acids is 2. The summed E-state index contributed by atoms with van der Waals surface area (Å²) in [6.45, 7) is 8.54. The molecule has 0 spiro atoms. The highest BCUT2D eigenvalue weighted by Gasteiger charge is 2.44. The van der Waals surface area contributed by atoms with Crippen molar-refractivity contribution in [3.63, 3.8) is 0 Å². The van der Waals surface area contributed by atoms with E-state index in [0.29, 0.717) is 24.0 Å². The second-order valence-corrected chi connectivity index (χ2v) is 11.3. The van der Waals surface area contributed by atoms with Crippen LogP contribution in [-0.2, 0) is 9.59 Å². The highest BCUT2D eigenvalue weighted by molar-refractivity contribution is 7.98. The van der Waals surface area contributed by atoms with E-state index < -0.39 is 6.04 Å². The number of amides is 2. The number of nitrogens with zero attached hydrogens (tertiary/aromatic N) is 3. The van der Waals surface area contributed by atoms with Crippen LogP contribution in [0.25, 0.3) is 0 Å². The van der Waals surface area contributed by atoms with Gasteiger partial charge in [0, 0.05) is 23.7 Å². The van der Waals surface area contributed by atoms with E-state index in [1.54, 1.807) is 16.7 Å². The molecule has 2 amide bonds. The molecule has 0 saturated carbocycles. The number of hydrogen-bond donors (Lipinski definition) is 1. The van der Waals surface area contributed by atoms with Gasteiger partial charge in [0.25, 0.3) is 5.91 Å². The van der Waals surface area contributed by atoms with Crippen molar-refractivity contribution in [2.24, 2.45) is 5.92 Å². The minimum atomic E-state index is -0.642. The molecule has 0 radical (unpaired) electrons. The lowest BCUT2D eigenvalue weighted by molar-refractivity contribution is -0.124. The molecule has 2 aromatic rings. The molecular weight excluding hydrogens is 516 g/mol. The van der Waals surface area contributed by atoms with Crippen LogP contribution in [0.4, 0.5) is 11.4 Å². The highest BCUT2D eigenvalue weighted by Crippen LogP contribution is 2.30. The summed E-state index contributed by atoms with van der Waals surface area (Å²) in [6, 6.07) is 14.5. The lowest BCUT2D eigenvalue weighted by Gasteiger charge is -2.32. The van der Waals surface area contributed by atoms with Crippen molar-refractivity contribution in [2.45, 2.75) is 50.5 Å². The number of piperidine rings is 1. The quantitative estimate of drug-likeness (QED) is 0.300. The maximum absolute atomic E-state index is 13.7. The number of anilines is 2. The fourth-order valence-corrected chi connectivity index (χ4v) is 5.72. The fraction of sp³-hybridized carbons (Fsp3) is 0.483. The molecule has 2 aliphatic heterocycles. The van der Waals surface area contributed by atoms with Crippen molar-refractivity contribution in [2.75, 3.05) is 49.3 Å². The molecule has 2 heterocycles. The summed E-state index contributed by atoms with van der Waals surface area (Å²) in [4.78, 5) is 33.9. The number of hydrogen-bond acceptors (Lipinski definition) is 6. The Morgan fingerprint density at radius 3 is 2.55 bits per heavy atom. The Labute approximate surface area is 235 Å². The third-order valence-corrected chi connectivity index (χ3v) is 8.30. The fourth-order valence-electron chi connectivity index (χ4n) is 4.85. The van der Waals surface area contributed by atoms with Gasteiger partial charge in [-0.05, 0) is 99.2 Å². The predicted molar refractivity (Wildman–Crippen MR) is 159 cm³/mol. The first-order valence-corrected chi connectivity index (χ1v) is 15.1. The Balaban J connectivity index is 1.48. The molecule has 2 fully saturated rings. The summed E-state index contributed by atoms with van der Waals surface area (Å²) in [5, 5.41) is 3.41. The van der Waals surface area contributed by atoms with E-state index in [1.807, 2.05) is 59.7 Å². The number of ether oxygens (including phenoxy) is 1. The van der Waals surface area contributed by atoms with Gasteiger partial charge in [-0.3, -0.25) is 14.5 Å². The number of nitrogens with one attached hydrogen (secondary N) is 1. The molecule has 0 aromatic heterocycles. The summed E-state index contributed by atoms with van der Waals surface area (Å²) in [7, 11) is 0. The molecule has 2 aliphatic rings. The zero-order valence-corrected chi connectivity index (χ0v) is 24.2. The number of rotatable bonds is 11. The average molecular weight is 555 g/mol. The molecular formula is C29H38N4O3S2. The van der Waals surface area contributed by atoms with Gasteiger partial charge in [0.1, 0.15) is 11.8 Å². The van der Waals surface area contributed by atoms with Crippen LogP contribution >= 0.6 is 24.0 Å². The van der Waals surface area contributed by atoms with Crippen molar-refractivity contribution in [3.8, 4) is 5.75 Å². The lowest BCUT2D eigenvalue weighted by Crippen LogP contribution is -2.44. The molecule has 38 heavy (non-hydrogen) atoms. The van der Waals surface area contributed by atoms with Crippen LogP contribution < -0.4 is 15.0 Å². The molecule has 7 nitrogen and oxygen atoms in total. The number of thiocarbonyl (C=S) groups is 1. The van der Waals surface area contributed by atoms with Crippen LogP contribution in [0.1, 0.15) is 39.5 Å². The van der Waals surface area contributed by atoms with Crippen molar-refractivity contribution >= 4 is 52.3 Å². The topological polar surface area (TPSA) is 65.1 Å². The Bertz CT molecular complexity index is 1120. The molecule has 204 valence electrons. The van der Waals surface area contributed by atoms with Gasteiger partial charge in [0.15, 0.2) is 5.11 Å². The Morgan fingerprint density at radius 2 is 1.87 bits per heavy atom. The summed E-state index contributed by atoms with van der Waals surface area (Å²) < 4.78 is 5.63. The monoisotopic (exact) mass is 554 g/mol. The second kappa shape index (κ2) is 13.4. The zero-order valence-electron chi connectivity index (χ0n) is 22.5. The van der Waals surface area contributed by atoms with Crippen molar-refractivity contribution in [3.05, 3.63) is 48.5 Å². The van der Waals surface area contributed by atoms with Crippen molar-refractivity contribution in [1.82, 2.24) is 9.80 Å². The molecule has 4 rings (SSSR count). The van der Waals surface area contributed by atoms with Crippen LogP contribution in [-0.4, -0.2) is 71.8 Å². The van der Waals surface area contributed by atoms with Gasteiger partial charge in [-0.2, -0.15) is 0 Å². The molecule has 1 atom stereocenters. The SMILES string of the molecule is CCCOc1ccc(NC(=O)CC2C(=O)N(c3cccc(SC)c3)C(=S)N2CCN2CCC(C)CC2)cc1. The van der Waals surface area contributed by atoms with Crippen LogP contribution in [0.15, 0.2) is 53.4 Å². The van der Waals surface area contributed by atoms with E-state index in [2.05, 4.69) is 24.1 Å². The summed E-state index contributed by atoms with van der Waals surface area (Å²) in [5.74, 6) is 1.15. The van der Waals surface area contributed by atoms with Gasteiger partial charge in [0.05, 0.1) is 18.7 Å². The van der Waals surface area contributed by atoms with E-state index in [1.165, 1.54) is 12.8 Å². The molecule has 2 saturated heterocycles. The molecule has 1 unspecified atom stereocenters. The van der Waals surface area contributed by atoms with Crippen molar-refractivity contribution in [1.29, 1.82) is 0 Å². The van der Waals surface area contributed by atoms with Crippen LogP contribution in [0, 0.1) is 5.92 Å². The Hall–Kier alpha value is -2.62. The number of thioether (sulfide) groups is 1. The predicted octanol–water partition coefficient (Wildman–Crippen LogP) is 5.26. The minimum Gasteiger partial charge on any atom is -0.494 e. The van der Waals surface area contributed by atoms with Gasteiger partial charge < -0.3 is 19.9 Å². The van der Waals surface area contributed by atoms with Gasteiger partial charge in [-0.25, -0.2) is 0 Å². The summed E-state index contributed by atoms with van der Waals surface area (Å²) >= 11 is 7.47. The standard InChI is InChI=1S/C29H38N4O3S2/c1-4-18-36-24-10-8-22(9-11-24)30-27(34)20-26-28(35)33(23-6-5-7-25(19-23)38-3)29(37)32(26)17-16-31-14-12-21(2)13-15-31/h5-11,19,21,26H,4,12-18,20H2,1-3H3,(H,30,34). The first kappa shape index (κ1) is 28.4. The third-order valence-electron chi connectivity index (χ3n) is 7.15. The molecule has 0 bridgehead atoms. The zero-order chi connectivity index (χ0) is 27.1.